The molecule has 0 amide bonds. The van der Waals surface area contributed by atoms with Gasteiger partial charge in [0.2, 0.25) is 0 Å². The number of phenols is 1. The zero-order chi connectivity index (χ0) is 20.9. The Balaban J connectivity index is 0.000000171. The number of benzene rings is 2. The van der Waals surface area contributed by atoms with E-state index in [4.69, 9.17) is 9.84 Å². The number of ether oxygens (including phenoxy) is 1. The fourth-order valence-electron chi connectivity index (χ4n) is 3.33. The standard InChI is InChI=1S/C12H14O2.C7H6O2.C5H9Br/c13-9-10-5-1-4-8-12(10)14-11-6-2-3-7-11;8-5-6-3-1-2-4-7(6)9;6-5-3-1-2-4-5/h1,4-5,8-9,11H,2-3,6-7H2;1-5,9H;5H,1-4H2. The van der Waals surface area contributed by atoms with Gasteiger partial charge in [-0.25, -0.2) is 0 Å². The van der Waals surface area contributed by atoms with Crippen molar-refractivity contribution in [2.24, 2.45) is 0 Å². The molecular weight excluding hydrogens is 432 g/mol. The average Bonchev–Trinajstić information content (AvgIpc) is 3.44. The van der Waals surface area contributed by atoms with Crippen molar-refractivity contribution in [3.8, 4) is 11.5 Å². The van der Waals surface area contributed by atoms with Crippen LogP contribution >= 0.6 is 15.9 Å². The molecule has 2 aliphatic carbocycles. The maximum absolute atomic E-state index is 10.7. The van der Waals surface area contributed by atoms with Gasteiger partial charge in [-0.3, -0.25) is 9.59 Å². The van der Waals surface area contributed by atoms with Crippen LogP contribution in [0.3, 0.4) is 0 Å². The van der Waals surface area contributed by atoms with Crippen LogP contribution in [0, 0.1) is 0 Å². The van der Waals surface area contributed by atoms with Crippen LogP contribution < -0.4 is 4.74 Å². The largest absolute Gasteiger partial charge is 0.507 e. The number of para-hydroxylation sites is 2. The van der Waals surface area contributed by atoms with Gasteiger partial charge in [0.25, 0.3) is 0 Å². The number of halogens is 1. The molecule has 156 valence electrons. The van der Waals surface area contributed by atoms with Gasteiger partial charge in [0.05, 0.1) is 17.2 Å². The highest BCUT2D eigenvalue weighted by Gasteiger charge is 2.17. The summed E-state index contributed by atoms with van der Waals surface area (Å²) in [5.41, 5.74) is 0.983. The first-order chi connectivity index (χ1) is 14.1. The summed E-state index contributed by atoms with van der Waals surface area (Å²) in [7, 11) is 0. The maximum atomic E-state index is 10.7. The highest BCUT2D eigenvalue weighted by Crippen LogP contribution is 2.26. The first kappa shape index (κ1) is 23.1. The van der Waals surface area contributed by atoms with Gasteiger partial charge in [-0.1, -0.05) is 53.0 Å². The molecule has 2 aromatic rings. The Morgan fingerprint density at radius 2 is 1.31 bits per heavy atom. The lowest BCUT2D eigenvalue weighted by atomic mass is 10.2. The minimum absolute atomic E-state index is 0.0347. The molecule has 29 heavy (non-hydrogen) atoms. The Bertz CT molecular complexity index is 750. The quantitative estimate of drug-likeness (QED) is 0.426. The molecule has 0 bridgehead atoms. The first-order valence-corrected chi connectivity index (χ1v) is 11.1. The summed E-state index contributed by atoms with van der Waals surface area (Å²) in [4.78, 5) is 21.6. The van der Waals surface area contributed by atoms with E-state index in [0.717, 1.165) is 29.7 Å². The predicted octanol–water partition coefficient (Wildman–Crippen LogP) is 6.35. The monoisotopic (exact) mass is 460 g/mol. The van der Waals surface area contributed by atoms with E-state index < -0.39 is 0 Å². The number of hydrogen-bond donors (Lipinski definition) is 1. The minimum atomic E-state index is 0.0347. The van der Waals surface area contributed by atoms with Crippen molar-refractivity contribution in [1.29, 1.82) is 0 Å². The Morgan fingerprint density at radius 3 is 1.79 bits per heavy atom. The predicted molar refractivity (Wildman–Crippen MR) is 119 cm³/mol. The van der Waals surface area contributed by atoms with E-state index in [0.29, 0.717) is 23.5 Å². The van der Waals surface area contributed by atoms with E-state index >= 15 is 0 Å². The Morgan fingerprint density at radius 1 is 0.793 bits per heavy atom. The Kier molecular flexibility index (Phi) is 10.5. The van der Waals surface area contributed by atoms with Gasteiger partial charge >= 0.3 is 0 Å². The number of rotatable bonds is 4. The van der Waals surface area contributed by atoms with Gasteiger partial charge in [-0.05, 0) is 62.8 Å². The summed E-state index contributed by atoms with van der Waals surface area (Å²) in [5.74, 6) is 0.766. The summed E-state index contributed by atoms with van der Waals surface area (Å²) in [6.45, 7) is 0. The van der Waals surface area contributed by atoms with Crippen molar-refractivity contribution in [1.82, 2.24) is 0 Å². The Hall–Kier alpha value is -2.14. The highest BCUT2D eigenvalue weighted by atomic mass is 79.9. The van der Waals surface area contributed by atoms with E-state index in [1.807, 2.05) is 18.2 Å². The number of phenolic OH excluding ortho intramolecular Hbond substituents is 1. The lowest BCUT2D eigenvalue weighted by Gasteiger charge is -2.13. The SMILES string of the molecule is BrC1CCCC1.O=Cc1ccccc1O.O=Cc1ccccc1OC1CCCC1. The van der Waals surface area contributed by atoms with Crippen LogP contribution in [0.5, 0.6) is 11.5 Å². The molecule has 2 aliphatic rings. The topological polar surface area (TPSA) is 63.6 Å². The molecule has 4 rings (SSSR count). The molecule has 1 N–H and O–H groups in total. The molecule has 5 heteroatoms. The van der Waals surface area contributed by atoms with Crippen molar-refractivity contribution < 1.29 is 19.4 Å². The van der Waals surface area contributed by atoms with Gasteiger partial charge in [0.15, 0.2) is 12.6 Å². The maximum Gasteiger partial charge on any atom is 0.153 e. The number of carbonyl (C=O) groups is 2. The normalized spacial score (nSPS) is 16.2. The number of hydrogen-bond acceptors (Lipinski definition) is 4. The van der Waals surface area contributed by atoms with Crippen LogP contribution in [0.15, 0.2) is 48.5 Å². The van der Waals surface area contributed by atoms with Crippen LogP contribution in [0.1, 0.15) is 72.1 Å². The minimum Gasteiger partial charge on any atom is -0.507 e. The smallest absolute Gasteiger partial charge is 0.153 e. The zero-order valence-electron chi connectivity index (χ0n) is 16.6. The average molecular weight is 461 g/mol. The highest BCUT2D eigenvalue weighted by molar-refractivity contribution is 9.09. The van der Waals surface area contributed by atoms with Crippen LogP contribution in [0.2, 0.25) is 0 Å². The summed E-state index contributed by atoms with van der Waals surface area (Å²) in [6, 6.07) is 13.8. The van der Waals surface area contributed by atoms with E-state index in [-0.39, 0.29) is 5.75 Å². The van der Waals surface area contributed by atoms with Gasteiger partial charge < -0.3 is 9.84 Å². The number of carbonyl (C=O) groups excluding carboxylic acids is 2. The lowest BCUT2D eigenvalue weighted by Crippen LogP contribution is -2.11. The first-order valence-electron chi connectivity index (χ1n) is 10.2. The Labute approximate surface area is 181 Å². The molecule has 0 radical (unpaired) electrons. The lowest BCUT2D eigenvalue weighted by molar-refractivity contribution is 0.111. The van der Waals surface area contributed by atoms with Gasteiger partial charge in [0.1, 0.15) is 11.5 Å². The fourth-order valence-corrected chi connectivity index (χ4v) is 3.98. The summed E-state index contributed by atoms with van der Waals surface area (Å²) < 4.78 is 5.77. The second-order valence-electron chi connectivity index (χ2n) is 7.24. The van der Waals surface area contributed by atoms with E-state index in [9.17, 15) is 9.59 Å². The van der Waals surface area contributed by atoms with Crippen molar-refractivity contribution in [2.75, 3.05) is 0 Å². The van der Waals surface area contributed by atoms with Gasteiger partial charge in [0, 0.05) is 4.83 Å². The molecule has 0 unspecified atom stereocenters. The van der Waals surface area contributed by atoms with Crippen molar-refractivity contribution in [3.05, 3.63) is 59.7 Å². The van der Waals surface area contributed by atoms with Crippen molar-refractivity contribution in [2.45, 2.75) is 62.3 Å². The third-order valence-corrected chi connectivity index (χ3v) is 5.91. The molecule has 2 fully saturated rings. The molecule has 0 atom stereocenters. The van der Waals surface area contributed by atoms with Gasteiger partial charge in [-0.2, -0.15) is 0 Å². The number of alkyl halides is 1. The molecule has 0 saturated heterocycles. The number of aldehydes is 2. The van der Waals surface area contributed by atoms with E-state index in [1.54, 1.807) is 24.3 Å². The fraction of sp³-hybridized carbons (Fsp3) is 0.417. The molecule has 0 aromatic heterocycles. The summed E-state index contributed by atoms with van der Waals surface area (Å²) in [6.07, 6.45) is 12.2. The molecule has 0 heterocycles. The molecule has 2 saturated carbocycles. The second-order valence-corrected chi connectivity index (χ2v) is 8.53. The van der Waals surface area contributed by atoms with Crippen LogP contribution in [-0.2, 0) is 0 Å². The van der Waals surface area contributed by atoms with Gasteiger partial charge in [-0.15, -0.1) is 0 Å². The third-order valence-electron chi connectivity index (χ3n) is 4.99. The zero-order valence-corrected chi connectivity index (χ0v) is 18.2. The van der Waals surface area contributed by atoms with Crippen LogP contribution in [0.25, 0.3) is 0 Å². The molecule has 2 aromatic carbocycles. The van der Waals surface area contributed by atoms with Crippen LogP contribution in [0.4, 0.5) is 0 Å². The van der Waals surface area contributed by atoms with Crippen molar-refractivity contribution in [3.63, 3.8) is 0 Å². The molecular formula is C24H29BrO4. The third kappa shape index (κ3) is 8.40. The molecule has 0 spiro atoms. The molecule has 4 nitrogen and oxygen atoms in total. The van der Waals surface area contributed by atoms with Crippen molar-refractivity contribution >= 4 is 28.5 Å². The van der Waals surface area contributed by atoms with E-state index in [2.05, 4.69) is 15.9 Å². The number of aromatic hydroxyl groups is 1. The molecule has 0 aliphatic heterocycles. The second kappa shape index (κ2) is 13.2. The van der Waals surface area contributed by atoms with Crippen LogP contribution in [-0.4, -0.2) is 28.6 Å². The van der Waals surface area contributed by atoms with E-state index in [1.165, 1.54) is 44.6 Å². The summed E-state index contributed by atoms with van der Waals surface area (Å²) >= 11 is 3.54. The summed E-state index contributed by atoms with van der Waals surface area (Å²) in [5, 5.41) is 8.88.